The molecule has 0 saturated carbocycles. The van der Waals surface area contributed by atoms with Gasteiger partial charge in [-0.3, -0.25) is 14.2 Å². The Bertz CT molecular complexity index is 1350. The minimum atomic E-state index is -4.48. The third kappa shape index (κ3) is 6.38. The molecule has 1 atom stereocenters. The SMILES string of the molecule is C=CCn1c(COc2cccc(C(F)(F)F)c2)nnc1SCC(=O)Nc1sc2c(c1C(N)=O)CCC(C)C2. The molecule has 0 aliphatic heterocycles. The molecule has 1 aliphatic carbocycles. The number of amides is 2. The average Bonchev–Trinajstić information content (AvgIpc) is 3.41. The molecule has 1 aromatic carbocycles. The number of nitrogens with two attached hydrogens (primary N) is 1. The zero-order chi connectivity index (χ0) is 27.4. The summed E-state index contributed by atoms with van der Waals surface area (Å²) < 4.78 is 46.1. The van der Waals surface area contributed by atoms with E-state index in [9.17, 15) is 22.8 Å². The van der Waals surface area contributed by atoms with Gasteiger partial charge >= 0.3 is 6.18 Å². The highest BCUT2D eigenvalue weighted by atomic mass is 32.2. The lowest BCUT2D eigenvalue weighted by Crippen LogP contribution is -2.20. The van der Waals surface area contributed by atoms with E-state index in [1.54, 1.807) is 10.6 Å². The fourth-order valence-corrected chi connectivity index (χ4v) is 6.35. The maximum absolute atomic E-state index is 13.0. The van der Waals surface area contributed by atoms with Crippen LogP contribution in [0.2, 0.25) is 0 Å². The third-order valence-corrected chi connectivity index (χ3v) is 8.11. The van der Waals surface area contributed by atoms with Crippen molar-refractivity contribution in [2.24, 2.45) is 11.7 Å². The molecule has 38 heavy (non-hydrogen) atoms. The molecule has 0 saturated heterocycles. The minimum Gasteiger partial charge on any atom is -0.486 e. The molecule has 2 aromatic heterocycles. The number of allylic oxidation sites excluding steroid dienone is 1. The monoisotopic (exact) mass is 565 g/mol. The largest absolute Gasteiger partial charge is 0.486 e. The number of rotatable bonds is 10. The first kappa shape index (κ1) is 27.7. The van der Waals surface area contributed by atoms with Gasteiger partial charge in [-0.2, -0.15) is 13.2 Å². The second-order valence-corrected chi connectivity index (χ2v) is 10.9. The summed E-state index contributed by atoms with van der Waals surface area (Å²) in [5.74, 6) is 0.00121. The predicted octanol–water partition coefficient (Wildman–Crippen LogP) is 5.08. The van der Waals surface area contributed by atoms with Gasteiger partial charge in [0.05, 0.1) is 16.9 Å². The van der Waals surface area contributed by atoms with Crippen molar-refractivity contribution >= 4 is 39.9 Å². The van der Waals surface area contributed by atoms with Gasteiger partial charge in [0, 0.05) is 11.4 Å². The Morgan fingerprint density at radius 2 is 2.16 bits per heavy atom. The van der Waals surface area contributed by atoms with Crippen molar-refractivity contribution in [3.05, 3.63) is 64.3 Å². The third-order valence-electron chi connectivity index (χ3n) is 5.98. The number of nitrogens with one attached hydrogen (secondary N) is 1. The maximum Gasteiger partial charge on any atom is 0.416 e. The summed E-state index contributed by atoms with van der Waals surface area (Å²) >= 11 is 2.52. The van der Waals surface area contributed by atoms with Crippen LogP contribution in [0.3, 0.4) is 0 Å². The highest BCUT2D eigenvalue weighted by Crippen LogP contribution is 2.39. The number of primary amides is 1. The topological polar surface area (TPSA) is 112 Å². The fourth-order valence-electron chi connectivity index (χ4n) is 4.15. The molecule has 2 amide bonds. The summed E-state index contributed by atoms with van der Waals surface area (Å²) in [4.78, 5) is 26.0. The lowest BCUT2D eigenvalue weighted by atomic mass is 9.88. The van der Waals surface area contributed by atoms with Gasteiger partial charge in [0.25, 0.3) is 5.91 Å². The van der Waals surface area contributed by atoms with Crippen molar-refractivity contribution in [1.29, 1.82) is 0 Å². The molecule has 2 heterocycles. The van der Waals surface area contributed by atoms with Gasteiger partial charge in [0.1, 0.15) is 17.4 Å². The van der Waals surface area contributed by atoms with Crippen LogP contribution >= 0.6 is 23.1 Å². The summed E-state index contributed by atoms with van der Waals surface area (Å²) in [5.41, 5.74) is 6.13. The summed E-state index contributed by atoms with van der Waals surface area (Å²) in [5, 5.41) is 11.9. The van der Waals surface area contributed by atoms with Crippen molar-refractivity contribution < 1.29 is 27.5 Å². The molecule has 8 nitrogen and oxygen atoms in total. The number of anilines is 1. The van der Waals surface area contributed by atoms with Gasteiger partial charge in [0.2, 0.25) is 5.91 Å². The molecule has 0 fully saturated rings. The van der Waals surface area contributed by atoms with E-state index in [1.807, 2.05) is 0 Å². The molecule has 4 rings (SSSR count). The standard InChI is InChI=1S/C25H26F3N5O3S2/c1-3-9-33-19(12-36-16-6-4-5-15(11-16)25(26,27)28)31-32-24(33)37-13-20(34)30-23-21(22(29)35)17-8-7-14(2)10-18(17)38-23/h3-6,11,14H,1,7-10,12-13H2,2H3,(H2,29,35)(H,30,34). The zero-order valence-electron chi connectivity index (χ0n) is 20.5. The van der Waals surface area contributed by atoms with Gasteiger partial charge in [0.15, 0.2) is 11.0 Å². The number of thiophene rings is 1. The lowest BCUT2D eigenvalue weighted by Gasteiger charge is -2.18. The van der Waals surface area contributed by atoms with Crippen LogP contribution in [0.1, 0.15) is 45.5 Å². The summed E-state index contributed by atoms with van der Waals surface area (Å²) in [6.45, 7) is 6.05. The van der Waals surface area contributed by atoms with E-state index in [-0.39, 0.29) is 24.0 Å². The van der Waals surface area contributed by atoms with Crippen LogP contribution in [0.5, 0.6) is 5.75 Å². The Kier molecular flexibility index (Phi) is 8.46. The Morgan fingerprint density at radius 1 is 1.37 bits per heavy atom. The average molecular weight is 566 g/mol. The molecule has 0 radical (unpaired) electrons. The number of fused-ring (bicyclic) bond motifs is 1. The normalized spacial score (nSPS) is 15.1. The van der Waals surface area contributed by atoms with E-state index in [2.05, 4.69) is 29.0 Å². The van der Waals surface area contributed by atoms with Crippen molar-refractivity contribution in [1.82, 2.24) is 14.8 Å². The molecule has 0 spiro atoms. The van der Waals surface area contributed by atoms with E-state index in [0.29, 0.717) is 34.0 Å². The quantitative estimate of drug-likeness (QED) is 0.262. The number of carbonyl (C=O) groups excluding carboxylic acids is 2. The maximum atomic E-state index is 13.0. The number of halogens is 3. The molecule has 13 heteroatoms. The Hall–Kier alpha value is -3.32. The van der Waals surface area contributed by atoms with Gasteiger partial charge in [-0.05, 0) is 48.9 Å². The van der Waals surface area contributed by atoms with Crippen LogP contribution in [-0.4, -0.2) is 32.3 Å². The van der Waals surface area contributed by atoms with Crippen LogP contribution in [0.25, 0.3) is 0 Å². The molecule has 3 aromatic rings. The van der Waals surface area contributed by atoms with Crippen LogP contribution in [-0.2, 0) is 37.0 Å². The highest BCUT2D eigenvalue weighted by Gasteiger charge is 2.31. The second kappa shape index (κ2) is 11.6. The molecular formula is C25H26F3N5O3S2. The van der Waals surface area contributed by atoms with Gasteiger partial charge in [-0.1, -0.05) is 30.8 Å². The number of nitrogens with zero attached hydrogens (tertiary/aromatic N) is 3. The Labute approximate surface area is 225 Å². The highest BCUT2D eigenvalue weighted by molar-refractivity contribution is 7.99. The Balaban J connectivity index is 1.42. The van der Waals surface area contributed by atoms with Gasteiger partial charge < -0.3 is 15.8 Å². The van der Waals surface area contributed by atoms with E-state index in [1.165, 1.54) is 23.5 Å². The van der Waals surface area contributed by atoms with Crippen molar-refractivity contribution in [2.45, 2.75) is 50.7 Å². The lowest BCUT2D eigenvalue weighted by molar-refractivity contribution is -0.137. The molecule has 0 bridgehead atoms. The number of benzene rings is 1. The first-order valence-electron chi connectivity index (χ1n) is 11.8. The van der Waals surface area contributed by atoms with Crippen LogP contribution in [0, 0.1) is 5.92 Å². The number of hydrogen-bond acceptors (Lipinski definition) is 7. The smallest absolute Gasteiger partial charge is 0.416 e. The van der Waals surface area contributed by atoms with Crippen LogP contribution in [0.15, 0.2) is 42.1 Å². The zero-order valence-corrected chi connectivity index (χ0v) is 22.1. The molecule has 1 aliphatic rings. The van der Waals surface area contributed by atoms with Gasteiger partial charge in [-0.15, -0.1) is 28.1 Å². The van der Waals surface area contributed by atoms with Crippen LogP contribution < -0.4 is 15.8 Å². The summed E-state index contributed by atoms with van der Waals surface area (Å²) in [6, 6.07) is 4.57. The fraction of sp³-hybridized carbons (Fsp3) is 0.360. The number of aromatic nitrogens is 3. The molecule has 3 N–H and O–H groups in total. The predicted molar refractivity (Wildman–Crippen MR) is 139 cm³/mol. The van der Waals surface area contributed by atoms with Gasteiger partial charge in [-0.25, -0.2) is 0 Å². The van der Waals surface area contributed by atoms with Crippen molar-refractivity contribution in [3.63, 3.8) is 0 Å². The van der Waals surface area contributed by atoms with Crippen LogP contribution in [0.4, 0.5) is 18.2 Å². The van der Waals surface area contributed by atoms with E-state index in [4.69, 9.17) is 10.5 Å². The van der Waals surface area contributed by atoms with E-state index < -0.39 is 17.6 Å². The molecular weight excluding hydrogens is 539 g/mol. The second-order valence-electron chi connectivity index (χ2n) is 8.87. The van der Waals surface area contributed by atoms with E-state index in [0.717, 1.165) is 53.6 Å². The summed E-state index contributed by atoms with van der Waals surface area (Å²) in [6.07, 6.45) is -0.303. The molecule has 1 unspecified atom stereocenters. The van der Waals surface area contributed by atoms with E-state index >= 15 is 0 Å². The minimum absolute atomic E-state index is 0.0130. The first-order valence-corrected chi connectivity index (χ1v) is 13.6. The Morgan fingerprint density at radius 3 is 2.87 bits per heavy atom. The number of thioether (sulfide) groups is 1. The number of hydrogen-bond donors (Lipinski definition) is 2. The summed E-state index contributed by atoms with van der Waals surface area (Å²) in [7, 11) is 0. The number of alkyl halides is 3. The first-order chi connectivity index (χ1) is 18.1. The number of carbonyl (C=O) groups is 2. The number of ether oxygens (including phenoxy) is 1. The van der Waals surface area contributed by atoms with Crippen molar-refractivity contribution in [3.8, 4) is 5.75 Å². The van der Waals surface area contributed by atoms with Crippen molar-refractivity contribution in [2.75, 3.05) is 11.1 Å². The molecule has 202 valence electrons.